The molecule has 0 saturated carbocycles. The Bertz CT molecular complexity index is 609. The highest BCUT2D eigenvalue weighted by atomic mass is 16.2. The zero-order valence-electron chi connectivity index (χ0n) is 15.2. The molecule has 5 nitrogen and oxygen atoms in total. The standard InChI is InChI=1S/C20H29N3O2/c1-2-21-15-16-9-12-22(13-10-16)19(24)11-14-23-18-6-4-3-5-17(18)7-8-20(23)25/h3-6,16,21H,2,7-15H2,1H3. The van der Waals surface area contributed by atoms with Gasteiger partial charge in [0.15, 0.2) is 0 Å². The van der Waals surface area contributed by atoms with Gasteiger partial charge in [0, 0.05) is 38.2 Å². The molecule has 2 aliphatic heterocycles. The monoisotopic (exact) mass is 343 g/mol. The second-order valence-corrected chi connectivity index (χ2v) is 7.06. The quantitative estimate of drug-likeness (QED) is 0.861. The highest BCUT2D eigenvalue weighted by molar-refractivity contribution is 5.97. The fourth-order valence-corrected chi connectivity index (χ4v) is 3.84. The summed E-state index contributed by atoms with van der Waals surface area (Å²) in [6.07, 6.45) is 3.91. The average molecular weight is 343 g/mol. The third-order valence-electron chi connectivity index (χ3n) is 5.39. The van der Waals surface area contributed by atoms with Gasteiger partial charge in [0.1, 0.15) is 0 Å². The number of amides is 2. The number of rotatable bonds is 6. The van der Waals surface area contributed by atoms with E-state index in [1.54, 1.807) is 4.90 Å². The van der Waals surface area contributed by atoms with Crippen LogP contribution in [0.15, 0.2) is 24.3 Å². The van der Waals surface area contributed by atoms with E-state index in [9.17, 15) is 9.59 Å². The van der Waals surface area contributed by atoms with Crippen molar-refractivity contribution in [3.8, 4) is 0 Å². The van der Waals surface area contributed by atoms with Crippen LogP contribution in [0.4, 0.5) is 5.69 Å². The van der Waals surface area contributed by atoms with Crippen LogP contribution in [0.2, 0.25) is 0 Å². The summed E-state index contributed by atoms with van der Waals surface area (Å²) < 4.78 is 0. The molecule has 1 aromatic rings. The summed E-state index contributed by atoms with van der Waals surface area (Å²) in [6.45, 7) is 6.37. The SMILES string of the molecule is CCNCC1CCN(C(=O)CCN2C(=O)CCc3ccccc32)CC1. The fraction of sp³-hybridized carbons (Fsp3) is 0.600. The van der Waals surface area contributed by atoms with Gasteiger partial charge in [-0.2, -0.15) is 0 Å². The van der Waals surface area contributed by atoms with E-state index in [-0.39, 0.29) is 11.8 Å². The first-order valence-electron chi connectivity index (χ1n) is 9.55. The predicted molar refractivity (Wildman–Crippen MR) is 99.6 cm³/mol. The van der Waals surface area contributed by atoms with Gasteiger partial charge in [-0.3, -0.25) is 9.59 Å². The summed E-state index contributed by atoms with van der Waals surface area (Å²) in [4.78, 5) is 28.6. The van der Waals surface area contributed by atoms with Crippen molar-refractivity contribution in [2.45, 2.75) is 39.0 Å². The molecule has 0 aromatic heterocycles. The first-order valence-corrected chi connectivity index (χ1v) is 9.55. The molecule has 0 atom stereocenters. The number of hydrogen-bond donors (Lipinski definition) is 1. The molecule has 2 amide bonds. The molecule has 136 valence electrons. The van der Waals surface area contributed by atoms with Gasteiger partial charge < -0.3 is 15.1 Å². The Morgan fingerprint density at radius 2 is 1.96 bits per heavy atom. The molecule has 1 saturated heterocycles. The maximum atomic E-state index is 12.6. The molecule has 1 N–H and O–H groups in total. The minimum atomic E-state index is 0.135. The molecule has 25 heavy (non-hydrogen) atoms. The lowest BCUT2D eigenvalue weighted by Gasteiger charge is -2.33. The zero-order chi connectivity index (χ0) is 17.6. The van der Waals surface area contributed by atoms with Crippen molar-refractivity contribution in [1.82, 2.24) is 10.2 Å². The molecule has 0 radical (unpaired) electrons. The summed E-state index contributed by atoms with van der Waals surface area (Å²) >= 11 is 0. The lowest BCUT2D eigenvalue weighted by atomic mass is 9.96. The number of likely N-dealkylation sites (tertiary alicyclic amines) is 1. The summed E-state index contributed by atoms with van der Waals surface area (Å²) in [7, 11) is 0. The maximum absolute atomic E-state index is 12.6. The van der Waals surface area contributed by atoms with Gasteiger partial charge in [-0.15, -0.1) is 0 Å². The van der Waals surface area contributed by atoms with Crippen molar-refractivity contribution >= 4 is 17.5 Å². The van der Waals surface area contributed by atoms with Crippen LogP contribution in [0.25, 0.3) is 0 Å². The number of para-hydroxylation sites is 1. The number of piperidine rings is 1. The van der Waals surface area contributed by atoms with E-state index in [0.29, 0.717) is 25.3 Å². The van der Waals surface area contributed by atoms with E-state index in [0.717, 1.165) is 51.1 Å². The summed E-state index contributed by atoms with van der Waals surface area (Å²) in [5.74, 6) is 0.994. The van der Waals surface area contributed by atoms with Gasteiger partial charge in [-0.1, -0.05) is 25.1 Å². The predicted octanol–water partition coefficient (Wildman–Crippen LogP) is 2.20. The number of carbonyl (C=O) groups is 2. The second kappa shape index (κ2) is 8.48. The minimum Gasteiger partial charge on any atom is -0.343 e. The maximum Gasteiger partial charge on any atom is 0.227 e. The summed E-state index contributed by atoms with van der Waals surface area (Å²) in [6, 6.07) is 8.03. The average Bonchev–Trinajstić information content (AvgIpc) is 2.65. The molecule has 0 aliphatic carbocycles. The topological polar surface area (TPSA) is 52.7 Å². The summed E-state index contributed by atoms with van der Waals surface area (Å²) in [5, 5.41) is 3.40. The molecule has 1 fully saturated rings. The molecule has 0 spiro atoms. The van der Waals surface area contributed by atoms with Crippen LogP contribution < -0.4 is 10.2 Å². The number of nitrogens with one attached hydrogen (secondary N) is 1. The molecule has 1 aromatic carbocycles. The van der Waals surface area contributed by atoms with E-state index in [4.69, 9.17) is 0 Å². The molecular formula is C20H29N3O2. The number of fused-ring (bicyclic) bond motifs is 1. The smallest absolute Gasteiger partial charge is 0.227 e. The van der Waals surface area contributed by atoms with Crippen LogP contribution in [0, 0.1) is 5.92 Å². The van der Waals surface area contributed by atoms with Gasteiger partial charge >= 0.3 is 0 Å². The van der Waals surface area contributed by atoms with Crippen molar-refractivity contribution in [1.29, 1.82) is 0 Å². The fourth-order valence-electron chi connectivity index (χ4n) is 3.84. The van der Waals surface area contributed by atoms with Crippen molar-refractivity contribution < 1.29 is 9.59 Å². The van der Waals surface area contributed by atoms with E-state index in [2.05, 4.69) is 18.3 Å². The van der Waals surface area contributed by atoms with Crippen molar-refractivity contribution in [2.75, 3.05) is 37.6 Å². The number of anilines is 1. The second-order valence-electron chi connectivity index (χ2n) is 7.06. The Hall–Kier alpha value is -1.88. The first-order chi connectivity index (χ1) is 12.2. The normalized spacial score (nSPS) is 18.4. The molecule has 3 rings (SSSR count). The number of carbonyl (C=O) groups excluding carboxylic acids is 2. The van der Waals surface area contributed by atoms with E-state index in [1.807, 2.05) is 23.1 Å². The first kappa shape index (κ1) is 17.9. The number of hydrogen-bond acceptors (Lipinski definition) is 3. The Balaban J connectivity index is 1.51. The molecule has 0 bridgehead atoms. The van der Waals surface area contributed by atoms with Gasteiger partial charge in [0.25, 0.3) is 0 Å². The van der Waals surface area contributed by atoms with Crippen LogP contribution in [0.3, 0.4) is 0 Å². The molecule has 2 aliphatic rings. The minimum absolute atomic E-state index is 0.135. The number of benzene rings is 1. The van der Waals surface area contributed by atoms with Crippen molar-refractivity contribution in [3.05, 3.63) is 29.8 Å². The Kier molecular flexibility index (Phi) is 6.08. The van der Waals surface area contributed by atoms with Crippen LogP contribution >= 0.6 is 0 Å². The van der Waals surface area contributed by atoms with Gasteiger partial charge in [0.2, 0.25) is 11.8 Å². The highest BCUT2D eigenvalue weighted by Crippen LogP contribution is 2.27. The van der Waals surface area contributed by atoms with Gasteiger partial charge in [-0.05, 0) is 49.9 Å². The van der Waals surface area contributed by atoms with Crippen LogP contribution in [-0.2, 0) is 16.0 Å². The third kappa shape index (κ3) is 4.40. The Labute approximate surface area is 150 Å². The largest absolute Gasteiger partial charge is 0.343 e. The van der Waals surface area contributed by atoms with E-state index < -0.39 is 0 Å². The summed E-state index contributed by atoms with van der Waals surface area (Å²) in [5.41, 5.74) is 2.19. The lowest BCUT2D eigenvalue weighted by molar-refractivity contribution is -0.132. The molecule has 2 heterocycles. The Morgan fingerprint density at radius 3 is 2.72 bits per heavy atom. The molecule has 5 heteroatoms. The lowest BCUT2D eigenvalue weighted by Crippen LogP contribution is -2.43. The van der Waals surface area contributed by atoms with E-state index >= 15 is 0 Å². The van der Waals surface area contributed by atoms with Crippen LogP contribution in [0.1, 0.15) is 38.2 Å². The van der Waals surface area contributed by atoms with Crippen molar-refractivity contribution in [2.24, 2.45) is 5.92 Å². The van der Waals surface area contributed by atoms with Crippen LogP contribution in [-0.4, -0.2) is 49.4 Å². The van der Waals surface area contributed by atoms with Gasteiger partial charge in [-0.25, -0.2) is 0 Å². The number of aryl methyl sites for hydroxylation is 1. The third-order valence-corrected chi connectivity index (χ3v) is 5.39. The highest BCUT2D eigenvalue weighted by Gasteiger charge is 2.26. The molecular weight excluding hydrogens is 314 g/mol. The number of nitrogens with zero attached hydrogens (tertiary/aromatic N) is 2. The van der Waals surface area contributed by atoms with Gasteiger partial charge in [0.05, 0.1) is 0 Å². The Morgan fingerprint density at radius 1 is 1.20 bits per heavy atom. The van der Waals surface area contributed by atoms with Crippen LogP contribution in [0.5, 0.6) is 0 Å². The zero-order valence-corrected chi connectivity index (χ0v) is 15.2. The molecule has 0 unspecified atom stereocenters. The van der Waals surface area contributed by atoms with Crippen molar-refractivity contribution in [3.63, 3.8) is 0 Å². The van der Waals surface area contributed by atoms with E-state index in [1.165, 1.54) is 5.56 Å².